The molecule has 0 aliphatic carbocycles. The summed E-state index contributed by atoms with van der Waals surface area (Å²) in [6.07, 6.45) is 0. The zero-order valence-electron chi connectivity index (χ0n) is 7.51. The second-order valence-electron chi connectivity index (χ2n) is 3.38. The van der Waals surface area contributed by atoms with Gasteiger partial charge in [0.05, 0.1) is 6.54 Å². The maximum atomic E-state index is 4.41. The maximum absolute atomic E-state index is 4.41. The van der Waals surface area contributed by atoms with Gasteiger partial charge in [0.25, 0.3) is 0 Å². The van der Waals surface area contributed by atoms with Gasteiger partial charge in [-0.3, -0.25) is 4.99 Å². The third kappa shape index (κ3) is 1.39. The minimum atomic E-state index is 0.572. The molecular formula is C8H16N4. The summed E-state index contributed by atoms with van der Waals surface area (Å²) < 4.78 is 0. The highest BCUT2D eigenvalue weighted by Gasteiger charge is 2.22. The van der Waals surface area contributed by atoms with Gasteiger partial charge >= 0.3 is 0 Å². The first kappa shape index (κ1) is 7.86. The zero-order chi connectivity index (χ0) is 8.39. The van der Waals surface area contributed by atoms with Crippen LogP contribution in [0.4, 0.5) is 0 Å². The summed E-state index contributed by atoms with van der Waals surface area (Å²) >= 11 is 0. The third-order valence-electron chi connectivity index (χ3n) is 2.43. The molecule has 0 radical (unpaired) electrons. The molecule has 4 heteroatoms. The molecule has 12 heavy (non-hydrogen) atoms. The highest BCUT2D eigenvalue weighted by Crippen LogP contribution is 2.04. The zero-order valence-corrected chi connectivity index (χ0v) is 7.51. The molecule has 0 amide bonds. The van der Waals surface area contributed by atoms with Crippen LogP contribution in [0.1, 0.15) is 6.92 Å². The fourth-order valence-electron chi connectivity index (χ4n) is 1.73. The van der Waals surface area contributed by atoms with Crippen molar-refractivity contribution in [3.63, 3.8) is 0 Å². The number of hydrogen-bond acceptors (Lipinski definition) is 4. The monoisotopic (exact) mass is 168 g/mol. The van der Waals surface area contributed by atoms with Crippen molar-refractivity contribution < 1.29 is 0 Å². The van der Waals surface area contributed by atoms with Gasteiger partial charge in [-0.05, 0) is 6.92 Å². The lowest BCUT2D eigenvalue weighted by molar-refractivity contribution is 0.268. The van der Waals surface area contributed by atoms with Crippen molar-refractivity contribution in [3.05, 3.63) is 0 Å². The van der Waals surface area contributed by atoms with Crippen LogP contribution >= 0.6 is 0 Å². The van der Waals surface area contributed by atoms with Crippen molar-refractivity contribution in [3.8, 4) is 0 Å². The molecule has 2 heterocycles. The van der Waals surface area contributed by atoms with Crippen molar-refractivity contribution in [2.75, 3.05) is 32.7 Å². The first-order valence-electron chi connectivity index (χ1n) is 4.63. The largest absolute Gasteiger partial charge is 0.354 e. The fraction of sp³-hybridized carbons (Fsp3) is 0.875. The Hall–Kier alpha value is -0.770. The lowest BCUT2D eigenvalue weighted by Gasteiger charge is -2.35. The van der Waals surface area contributed by atoms with Crippen LogP contribution < -0.4 is 10.6 Å². The Balaban J connectivity index is 2.00. The van der Waals surface area contributed by atoms with Crippen LogP contribution in [0.15, 0.2) is 4.99 Å². The van der Waals surface area contributed by atoms with Crippen LogP contribution in [0.25, 0.3) is 0 Å². The average molecular weight is 168 g/mol. The molecule has 2 aliphatic heterocycles. The topological polar surface area (TPSA) is 39.7 Å². The number of hydrogen-bond donors (Lipinski definition) is 2. The number of nitrogens with zero attached hydrogens (tertiary/aromatic N) is 2. The number of piperazine rings is 1. The van der Waals surface area contributed by atoms with Gasteiger partial charge in [-0.25, -0.2) is 0 Å². The van der Waals surface area contributed by atoms with E-state index in [1.807, 2.05) is 0 Å². The van der Waals surface area contributed by atoms with Crippen molar-refractivity contribution in [2.45, 2.75) is 13.0 Å². The number of nitrogens with one attached hydrogen (secondary N) is 2. The molecule has 0 saturated carbocycles. The van der Waals surface area contributed by atoms with Gasteiger partial charge in [-0.2, -0.15) is 0 Å². The Kier molecular flexibility index (Phi) is 2.17. The summed E-state index contributed by atoms with van der Waals surface area (Å²) in [5, 5.41) is 6.67. The summed E-state index contributed by atoms with van der Waals surface area (Å²) in [4.78, 5) is 6.76. The highest BCUT2D eigenvalue weighted by molar-refractivity contribution is 5.81. The first-order valence-corrected chi connectivity index (χ1v) is 4.63. The molecule has 68 valence electrons. The van der Waals surface area contributed by atoms with E-state index in [1.54, 1.807) is 0 Å². The Bertz CT molecular complexity index is 189. The van der Waals surface area contributed by atoms with Gasteiger partial charge in [0.2, 0.25) is 0 Å². The number of rotatable bonds is 0. The molecule has 0 bridgehead atoms. The number of aliphatic imine (C=N–C) groups is 1. The van der Waals surface area contributed by atoms with E-state index in [2.05, 4.69) is 27.4 Å². The van der Waals surface area contributed by atoms with E-state index >= 15 is 0 Å². The smallest absolute Gasteiger partial charge is 0.194 e. The molecule has 0 spiro atoms. The molecule has 2 N–H and O–H groups in total. The van der Waals surface area contributed by atoms with Crippen LogP contribution in [0.3, 0.4) is 0 Å². The molecule has 0 unspecified atom stereocenters. The molecule has 4 nitrogen and oxygen atoms in total. The Morgan fingerprint density at radius 1 is 1.50 bits per heavy atom. The minimum absolute atomic E-state index is 0.572. The molecule has 0 aromatic rings. The lowest BCUT2D eigenvalue weighted by atomic mass is 10.2. The van der Waals surface area contributed by atoms with Crippen LogP contribution in [0.2, 0.25) is 0 Å². The van der Waals surface area contributed by atoms with E-state index < -0.39 is 0 Å². The number of guanidine groups is 1. The molecule has 1 atom stereocenters. The van der Waals surface area contributed by atoms with E-state index in [1.165, 1.54) is 0 Å². The predicted octanol–water partition coefficient (Wildman–Crippen LogP) is -0.761. The second kappa shape index (κ2) is 3.31. The summed E-state index contributed by atoms with van der Waals surface area (Å²) in [5.41, 5.74) is 0. The molecule has 0 aromatic carbocycles. The van der Waals surface area contributed by atoms with Gasteiger partial charge in [0.1, 0.15) is 0 Å². The van der Waals surface area contributed by atoms with Crippen molar-refractivity contribution in [1.29, 1.82) is 0 Å². The summed E-state index contributed by atoms with van der Waals surface area (Å²) in [6, 6.07) is 0.572. The fourth-order valence-corrected chi connectivity index (χ4v) is 1.73. The molecule has 0 aromatic heterocycles. The predicted molar refractivity (Wildman–Crippen MR) is 49.3 cm³/mol. The Morgan fingerprint density at radius 3 is 3.08 bits per heavy atom. The average Bonchev–Trinajstić information content (AvgIpc) is 2.57. The quantitative estimate of drug-likeness (QED) is 0.499. The summed E-state index contributed by atoms with van der Waals surface area (Å²) in [6.45, 7) is 7.39. The van der Waals surface area contributed by atoms with E-state index in [0.29, 0.717) is 6.04 Å². The highest BCUT2D eigenvalue weighted by atomic mass is 15.4. The molecule has 1 fully saturated rings. The van der Waals surface area contributed by atoms with Crippen LogP contribution in [-0.2, 0) is 0 Å². The van der Waals surface area contributed by atoms with Crippen LogP contribution in [-0.4, -0.2) is 49.6 Å². The molecular weight excluding hydrogens is 152 g/mol. The second-order valence-corrected chi connectivity index (χ2v) is 3.38. The van der Waals surface area contributed by atoms with E-state index in [0.717, 1.165) is 38.7 Å². The summed E-state index contributed by atoms with van der Waals surface area (Å²) in [5.74, 6) is 1.10. The van der Waals surface area contributed by atoms with Gasteiger partial charge in [0.15, 0.2) is 5.96 Å². The van der Waals surface area contributed by atoms with Gasteiger partial charge < -0.3 is 15.5 Å². The molecule has 2 aliphatic rings. The van der Waals surface area contributed by atoms with Crippen molar-refractivity contribution >= 4 is 5.96 Å². The van der Waals surface area contributed by atoms with Gasteiger partial charge in [-0.15, -0.1) is 0 Å². The van der Waals surface area contributed by atoms with Crippen molar-refractivity contribution in [2.24, 2.45) is 4.99 Å². The Morgan fingerprint density at radius 2 is 2.42 bits per heavy atom. The molecule has 1 saturated heterocycles. The Labute approximate surface area is 73.0 Å². The minimum Gasteiger partial charge on any atom is -0.354 e. The van der Waals surface area contributed by atoms with Crippen LogP contribution in [0.5, 0.6) is 0 Å². The first-order chi connectivity index (χ1) is 5.88. The van der Waals surface area contributed by atoms with E-state index in [-0.39, 0.29) is 0 Å². The van der Waals surface area contributed by atoms with Gasteiger partial charge in [-0.1, -0.05) is 0 Å². The van der Waals surface area contributed by atoms with E-state index in [4.69, 9.17) is 0 Å². The SMILES string of the molecule is C[C@H]1CNCCN1C1=NCCN1. The lowest BCUT2D eigenvalue weighted by Crippen LogP contribution is -2.54. The molecule has 2 rings (SSSR count). The van der Waals surface area contributed by atoms with Gasteiger partial charge in [0, 0.05) is 32.2 Å². The van der Waals surface area contributed by atoms with E-state index in [9.17, 15) is 0 Å². The standard InChI is InChI=1S/C8H16N4/c1-7-6-9-4-5-12(7)8-10-2-3-11-8/h7,9H,2-6H2,1H3,(H,10,11)/t7-/m0/s1. The summed E-state index contributed by atoms with van der Waals surface area (Å²) in [7, 11) is 0. The van der Waals surface area contributed by atoms with Crippen molar-refractivity contribution in [1.82, 2.24) is 15.5 Å². The normalized spacial score (nSPS) is 29.9. The third-order valence-corrected chi connectivity index (χ3v) is 2.43. The maximum Gasteiger partial charge on any atom is 0.194 e. The van der Waals surface area contributed by atoms with Crippen LogP contribution in [0, 0.1) is 0 Å².